The molecule has 0 aliphatic heterocycles. The summed E-state index contributed by atoms with van der Waals surface area (Å²) in [7, 11) is 0. The second-order valence-corrected chi connectivity index (χ2v) is 7.32. The van der Waals surface area contributed by atoms with Crippen molar-refractivity contribution in [1.82, 2.24) is 10.1 Å². The molecule has 0 aliphatic rings. The summed E-state index contributed by atoms with van der Waals surface area (Å²) < 4.78 is 5.23. The van der Waals surface area contributed by atoms with Crippen molar-refractivity contribution in [2.24, 2.45) is 5.73 Å². The lowest BCUT2D eigenvalue weighted by Crippen LogP contribution is -2.15. The third-order valence-corrected chi connectivity index (χ3v) is 4.45. The second kappa shape index (κ2) is 5.66. The van der Waals surface area contributed by atoms with E-state index in [2.05, 4.69) is 25.9 Å². The van der Waals surface area contributed by atoms with Gasteiger partial charge in [0.05, 0.1) is 16.4 Å². The van der Waals surface area contributed by atoms with Crippen LogP contribution in [0.2, 0.25) is 0 Å². The molecule has 0 saturated carbocycles. The minimum atomic E-state index is 0.0536. The maximum Gasteiger partial charge on any atom is 0.137 e. The molecule has 0 radical (unpaired) electrons. The number of nitrogens with zero attached hydrogens (tertiary/aromatic N) is 2. The first-order chi connectivity index (χ1) is 9.32. The average molecular weight is 293 g/mol. The van der Waals surface area contributed by atoms with Gasteiger partial charge in [0.1, 0.15) is 5.76 Å². The molecule has 0 spiro atoms. The first kappa shape index (κ1) is 15.2. The van der Waals surface area contributed by atoms with Gasteiger partial charge >= 0.3 is 0 Å². The topological polar surface area (TPSA) is 64.9 Å². The molecule has 0 aromatic carbocycles. The van der Waals surface area contributed by atoms with Gasteiger partial charge in [0, 0.05) is 22.3 Å². The fraction of sp³-hybridized carbons (Fsp3) is 0.600. The molecule has 2 N–H and O–H groups in total. The fourth-order valence-corrected chi connectivity index (χ4v) is 3.57. The molecule has 20 heavy (non-hydrogen) atoms. The van der Waals surface area contributed by atoms with E-state index >= 15 is 0 Å². The highest BCUT2D eigenvalue weighted by Gasteiger charge is 2.23. The zero-order valence-corrected chi connectivity index (χ0v) is 13.7. The van der Waals surface area contributed by atoms with Crippen LogP contribution in [0.15, 0.2) is 4.52 Å². The van der Waals surface area contributed by atoms with E-state index in [4.69, 9.17) is 15.2 Å². The summed E-state index contributed by atoms with van der Waals surface area (Å²) in [6.45, 7) is 11.2. The molecule has 0 atom stereocenters. The van der Waals surface area contributed by atoms with Crippen LogP contribution >= 0.6 is 11.3 Å². The SMILES string of the molecule is Cc1noc(C)c1Cc1nc(C(C)(C)C)c(CCN)s1. The Morgan fingerprint density at radius 1 is 1.25 bits per heavy atom. The summed E-state index contributed by atoms with van der Waals surface area (Å²) >= 11 is 1.77. The van der Waals surface area contributed by atoms with Crippen molar-refractivity contribution < 1.29 is 4.52 Å². The lowest BCUT2D eigenvalue weighted by Gasteiger charge is -2.17. The molecule has 110 valence electrons. The van der Waals surface area contributed by atoms with Crippen LogP contribution in [0.4, 0.5) is 0 Å². The van der Waals surface area contributed by atoms with E-state index in [0.29, 0.717) is 6.54 Å². The molecule has 0 fully saturated rings. The molecule has 4 nitrogen and oxygen atoms in total. The van der Waals surface area contributed by atoms with Gasteiger partial charge < -0.3 is 10.3 Å². The lowest BCUT2D eigenvalue weighted by atomic mass is 9.91. The number of thiazole rings is 1. The summed E-state index contributed by atoms with van der Waals surface area (Å²) in [6.07, 6.45) is 1.69. The zero-order chi connectivity index (χ0) is 14.9. The largest absolute Gasteiger partial charge is 0.361 e. The molecule has 2 aromatic rings. The average Bonchev–Trinajstić information content (AvgIpc) is 2.88. The second-order valence-electron chi connectivity index (χ2n) is 6.15. The Morgan fingerprint density at radius 3 is 2.45 bits per heavy atom. The Balaban J connectivity index is 2.34. The number of aromatic nitrogens is 2. The van der Waals surface area contributed by atoms with Crippen molar-refractivity contribution in [2.75, 3.05) is 6.54 Å². The highest BCUT2D eigenvalue weighted by molar-refractivity contribution is 7.11. The first-order valence-electron chi connectivity index (χ1n) is 6.93. The lowest BCUT2D eigenvalue weighted by molar-refractivity contribution is 0.392. The Bertz CT molecular complexity index is 573. The summed E-state index contributed by atoms with van der Waals surface area (Å²) in [5.41, 5.74) is 9.05. The summed E-state index contributed by atoms with van der Waals surface area (Å²) in [6, 6.07) is 0. The number of aryl methyl sites for hydroxylation is 2. The highest BCUT2D eigenvalue weighted by Crippen LogP contribution is 2.31. The van der Waals surface area contributed by atoms with Crippen LogP contribution in [0.3, 0.4) is 0 Å². The smallest absolute Gasteiger partial charge is 0.137 e. The van der Waals surface area contributed by atoms with Crippen LogP contribution in [0.25, 0.3) is 0 Å². The van der Waals surface area contributed by atoms with Crippen molar-refractivity contribution in [1.29, 1.82) is 0 Å². The van der Waals surface area contributed by atoms with Gasteiger partial charge in [0.25, 0.3) is 0 Å². The fourth-order valence-electron chi connectivity index (χ4n) is 2.27. The van der Waals surface area contributed by atoms with Crippen LogP contribution in [0.1, 0.15) is 53.4 Å². The third-order valence-electron chi connectivity index (χ3n) is 3.33. The highest BCUT2D eigenvalue weighted by atomic mass is 32.1. The molecule has 0 aliphatic carbocycles. The van der Waals surface area contributed by atoms with Crippen LogP contribution in [0, 0.1) is 13.8 Å². The quantitative estimate of drug-likeness (QED) is 0.940. The van der Waals surface area contributed by atoms with E-state index in [0.717, 1.165) is 34.9 Å². The number of hydrogen-bond acceptors (Lipinski definition) is 5. The van der Waals surface area contributed by atoms with Gasteiger partial charge in [-0.25, -0.2) is 4.98 Å². The van der Waals surface area contributed by atoms with E-state index in [9.17, 15) is 0 Å². The van der Waals surface area contributed by atoms with Crippen molar-refractivity contribution in [3.63, 3.8) is 0 Å². The van der Waals surface area contributed by atoms with Gasteiger partial charge in [-0.05, 0) is 26.8 Å². The maximum atomic E-state index is 5.72. The Labute approximate surface area is 124 Å². The van der Waals surface area contributed by atoms with Gasteiger partial charge in [-0.3, -0.25) is 0 Å². The number of hydrogen-bond donors (Lipinski definition) is 1. The minimum absolute atomic E-state index is 0.0536. The molecule has 0 amide bonds. The van der Waals surface area contributed by atoms with Crippen LogP contribution in [-0.4, -0.2) is 16.7 Å². The number of nitrogens with two attached hydrogens (primary N) is 1. The Kier molecular flexibility index (Phi) is 4.30. The van der Waals surface area contributed by atoms with Crippen molar-refractivity contribution in [3.8, 4) is 0 Å². The van der Waals surface area contributed by atoms with Crippen molar-refractivity contribution in [2.45, 2.75) is 52.9 Å². The van der Waals surface area contributed by atoms with E-state index in [1.165, 1.54) is 10.6 Å². The van der Waals surface area contributed by atoms with E-state index in [1.54, 1.807) is 11.3 Å². The monoisotopic (exact) mass is 293 g/mol. The molecular formula is C15H23N3OS. The molecule has 0 bridgehead atoms. The molecular weight excluding hydrogens is 270 g/mol. The molecule has 2 heterocycles. The van der Waals surface area contributed by atoms with E-state index < -0.39 is 0 Å². The standard InChI is InChI=1S/C15H23N3OS/c1-9-11(10(2)19-18-9)8-13-17-14(15(3,4)5)12(20-13)6-7-16/h6-8,16H2,1-5H3. The van der Waals surface area contributed by atoms with Gasteiger partial charge in [0.15, 0.2) is 0 Å². The third kappa shape index (κ3) is 3.10. The van der Waals surface area contributed by atoms with E-state index in [-0.39, 0.29) is 5.41 Å². The molecule has 2 aromatic heterocycles. The molecule has 0 saturated heterocycles. The predicted octanol–water partition coefficient (Wildman–Crippen LogP) is 3.14. The summed E-state index contributed by atoms with van der Waals surface area (Å²) in [4.78, 5) is 6.16. The Hall–Kier alpha value is -1.20. The van der Waals surface area contributed by atoms with Crippen molar-refractivity contribution in [3.05, 3.63) is 32.6 Å². The zero-order valence-electron chi connectivity index (χ0n) is 12.9. The maximum absolute atomic E-state index is 5.72. The van der Waals surface area contributed by atoms with Gasteiger partial charge in [-0.2, -0.15) is 0 Å². The van der Waals surface area contributed by atoms with Crippen molar-refractivity contribution >= 4 is 11.3 Å². The van der Waals surface area contributed by atoms with Gasteiger partial charge in [-0.15, -0.1) is 11.3 Å². The summed E-state index contributed by atoms with van der Waals surface area (Å²) in [5.74, 6) is 0.885. The van der Waals surface area contributed by atoms with E-state index in [1.807, 2.05) is 13.8 Å². The normalized spacial score (nSPS) is 12.1. The predicted molar refractivity (Wildman–Crippen MR) is 82.4 cm³/mol. The minimum Gasteiger partial charge on any atom is -0.361 e. The van der Waals surface area contributed by atoms with Crippen LogP contribution < -0.4 is 5.73 Å². The Morgan fingerprint density at radius 2 is 1.95 bits per heavy atom. The van der Waals surface area contributed by atoms with Crippen LogP contribution in [0.5, 0.6) is 0 Å². The molecule has 5 heteroatoms. The molecule has 0 unspecified atom stereocenters. The summed E-state index contributed by atoms with van der Waals surface area (Å²) in [5, 5.41) is 5.13. The van der Waals surface area contributed by atoms with Gasteiger partial charge in [-0.1, -0.05) is 25.9 Å². The van der Waals surface area contributed by atoms with Gasteiger partial charge in [0.2, 0.25) is 0 Å². The van der Waals surface area contributed by atoms with Crippen LogP contribution in [-0.2, 0) is 18.3 Å². The molecule has 2 rings (SSSR count). The number of rotatable bonds is 4. The first-order valence-corrected chi connectivity index (χ1v) is 7.75.